The molecule has 0 saturated carbocycles. The van der Waals surface area contributed by atoms with Crippen LogP contribution in [0.1, 0.15) is 41.1 Å². The summed E-state index contributed by atoms with van der Waals surface area (Å²) in [5.74, 6) is 0. The van der Waals surface area contributed by atoms with Crippen molar-refractivity contribution >= 4 is 64.6 Å². The van der Waals surface area contributed by atoms with E-state index in [1.165, 1.54) is 0 Å². The average Bonchev–Trinajstić information content (AvgIpc) is 2.48. The van der Waals surface area contributed by atoms with Gasteiger partial charge in [-0.15, -0.1) is 0 Å². The molecule has 0 aliphatic rings. The Morgan fingerprint density at radius 1 is 0.240 bits per heavy atom. The zero-order valence-electron chi connectivity index (χ0n) is 55.0. The van der Waals surface area contributed by atoms with Crippen LogP contribution in [-0.2, 0) is 0 Å². The zero-order chi connectivity index (χ0) is 58.9. The van der Waals surface area contributed by atoms with E-state index in [1.54, 1.807) is 0 Å². The third-order valence-electron chi connectivity index (χ3n) is 8.56. The molecule has 230 valence electrons. The third-order valence-corrected chi connectivity index (χ3v) is 8.56. The zero-order valence-corrected chi connectivity index (χ0v) is 25.0. The minimum Gasteiger partial charge on any atom is -0.0622 e. The van der Waals surface area contributed by atoms with E-state index in [4.69, 9.17) is 20.6 Å². The van der Waals surface area contributed by atoms with Gasteiger partial charge >= 0.3 is 0 Å². The van der Waals surface area contributed by atoms with Crippen molar-refractivity contribution < 1.29 is 41.1 Å². The highest BCUT2D eigenvalue weighted by Crippen LogP contribution is 2.45. The first-order valence-corrected chi connectivity index (χ1v) is 15.0. The van der Waals surface area contributed by atoms with Gasteiger partial charge in [0.05, 0.1) is 41.1 Å². The van der Waals surface area contributed by atoms with Crippen LogP contribution in [-0.4, -0.2) is 0 Å². The van der Waals surface area contributed by atoms with Gasteiger partial charge in [-0.1, -0.05) is 175 Å². The lowest BCUT2D eigenvalue weighted by Gasteiger charge is -2.19. The van der Waals surface area contributed by atoms with E-state index in [0.29, 0.717) is 0 Å². The predicted octanol–water partition coefficient (Wildman–Crippen LogP) is 14.1. The maximum atomic E-state index is 10.4. The highest BCUT2D eigenvalue weighted by Gasteiger charge is 2.18. The quantitative estimate of drug-likeness (QED) is 0.165. The monoisotopic (exact) mass is 660 g/mol. The largest absolute Gasteiger partial charge is 0.0636 e. The molecule has 50 heavy (non-hydrogen) atoms. The summed E-state index contributed by atoms with van der Waals surface area (Å²) in [6.07, 6.45) is 0. The molecule has 11 aromatic carbocycles. The number of hydrogen-bond acceptors (Lipinski definition) is 0. The van der Waals surface area contributed by atoms with Crippen molar-refractivity contribution in [2.75, 3.05) is 0 Å². The topological polar surface area (TPSA) is 0 Å². The maximum Gasteiger partial charge on any atom is 0.0636 e. The summed E-state index contributed by atoms with van der Waals surface area (Å²) in [7, 11) is 0. The van der Waals surface area contributed by atoms with E-state index >= 15 is 0 Å². The van der Waals surface area contributed by atoms with E-state index in [1.807, 2.05) is 0 Å². The van der Waals surface area contributed by atoms with Crippen LogP contribution in [0, 0.1) is 0 Å². The minimum atomic E-state index is -1.20. The molecule has 0 amide bonds. The second-order valence-corrected chi connectivity index (χ2v) is 11.2. The van der Waals surface area contributed by atoms with Crippen molar-refractivity contribution in [3.8, 4) is 44.5 Å². The van der Waals surface area contributed by atoms with Gasteiger partial charge in [0, 0.05) is 0 Å². The number of benzene rings is 11. The Balaban J connectivity index is 1.44. The summed E-state index contributed by atoms with van der Waals surface area (Å²) < 4.78 is 274. The Kier molecular flexibility index (Phi) is 2.37. The lowest BCUT2D eigenvalue weighted by molar-refractivity contribution is 1.58. The number of rotatable bonds is 4. The molecule has 11 rings (SSSR count). The van der Waals surface area contributed by atoms with Crippen molar-refractivity contribution in [3.63, 3.8) is 0 Å². The molecule has 0 heteroatoms. The molecule has 0 aliphatic carbocycles. The first-order chi connectivity index (χ1) is 37.3. The summed E-state index contributed by atoms with van der Waals surface area (Å²) in [6, 6.07) is -28.0. The van der Waals surface area contributed by atoms with Crippen molar-refractivity contribution in [1.82, 2.24) is 0 Å². The van der Waals surface area contributed by atoms with Crippen LogP contribution in [0.5, 0.6) is 0 Å². The van der Waals surface area contributed by atoms with Gasteiger partial charge in [0.15, 0.2) is 0 Å². The van der Waals surface area contributed by atoms with E-state index in [0.717, 1.165) is 0 Å². The normalized spacial score (nSPS) is 20.4. The highest BCUT2D eigenvalue weighted by molar-refractivity contribution is 6.27. The van der Waals surface area contributed by atoms with Gasteiger partial charge in [-0.05, 0) is 115 Å². The lowest BCUT2D eigenvalue weighted by Crippen LogP contribution is -1.92. The second kappa shape index (κ2) is 10.5. The summed E-state index contributed by atoms with van der Waals surface area (Å²) in [5.41, 5.74) is -7.11. The Hall–Kier alpha value is -6.50. The fourth-order valence-electron chi connectivity index (χ4n) is 6.34. The van der Waals surface area contributed by atoms with Gasteiger partial charge in [0.2, 0.25) is 0 Å². The Bertz CT molecular complexity index is 4700. The highest BCUT2D eigenvalue weighted by atomic mass is 14.2. The fourth-order valence-corrected chi connectivity index (χ4v) is 6.34. The molecule has 0 atom stereocenters. The lowest BCUT2D eigenvalue weighted by atomic mass is 9.84. The van der Waals surface area contributed by atoms with Gasteiger partial charge in [0.25, 0.3) is 0 Å². The van der Waals surface area contributed by atoms with Crippen LogP contribution >= 0.6 is 0 Å². The molecule has 0 aliphatic heterocycles. The average molecular weight is 661 g/mol. The van der Waals surface area contributed by atoms with Crippen LogP contribution < -0.4 is 0 Å². The summed E-state index contributed by atoms with van der Waals surface area (Å²) >= 11 is 0. The van der Waals surface area contributed by atoms with Crippen molar-refractivity contribution in [2.45, 2.75) is 0 Å². The SMILES string of the molecule is [2H]c1c([2H])c([2H])c(-c2c([2H])c([2H])c(-c3c([2H])c([2H])c(-c4c([2H])c([2H])c5c([2H])c([2H])c6c([2H])c([2H])c([2H])c7c([2H])c([2H])c4c5c67)c([2H])c3-c3c([2H])c([2H])c4c([2H])c([2H])c5c([2H])c([2H])c([2H])c6c([2H])c([2H])c3c4c56)c([2H])c2[2H])c([2H])c1[2H]. The van der Waals surface area contributed by atoms with Gasteiger partial charge in [-0.2, -0.15) is 0 Å². The molecule has 0 bridgehead atoms. The number of hydrogen-bond donors (Lipinski definition) is 0. The van der Waals surface area contributed by atoms with E-state index in [9.17, 15) is 20.6 Å². The molecule has 0 aromatic heterocycles. The van der Waals surface area contributed by atoms with E-state index in [2.05, 4.69) is 0 Å². The molecule has 0 heterocycles. The Morgan fingerprint density at radius 2 is 0.660 bits per heavy atom. The first kappa shape index (κ1) is 11.3. The molecular weight excluding hydrogens is 601 g/mol. The Morgan fingerprint density at radius 3 is 1.26 bits per heavy atom. The van der Waals surface area contributed by atoms with Crippen molar-refractivity contribution in [3.05, 3.63) is 181 Å². The van der Waals surface area contributed by atoms with Crippen LogP contribution in [0.4, 0.5) is 0 Å². The third kappa shape index (κ3) is 4.00. The van der Waals surface area contributed by atoms with Gasteiger partial charge in [-0.3, -0.25) is 0 Å². The van der Waals surface area contributed by atoms with Crippen LogP contribution in [0.2, 0.25) is 0 Å². The Labute approximate surface area is 332 Å². The van der Waals surface area contributed by atoms with E-state index in [-0.39, 0.29) is 10.8 Å². The van der Waals surface area contributed by atoms with Crippen molar-refractivity contribution in [1.29, 1.82) is 0 Å². The van der Waals surface area contributed by atoms with Gasteiger partial charge in [0.1, 0.15) is 0 Å². The minimum absolute atomic E-state index is 0.346. The molecule has 11 aromatic rings. The summed E-state index contributed by atoms with van der Waals surface area (Å²) in [6.45, 7) is 0. The molecule has 0 fully saturated rings. The van der Waals surface area contributed by atoms with Crippen LogP contribution in [0.3, 0.4) is 0 Å². The predicted molar refractivity (Wildman–Crippen MR) is 216 cm³/mol. The standard InChI is InChI=1S/C50H30/c1-2-6-31(7-3-1)32-12-14-33(15-13-32)41-26-24-40(42-25-20-38-18-16-34-8-4-10-36-22-28-44(42)49(38)47(34)36)30-46(41)43-27-21-39-19-17-35-9-5-11-37-23-29-45(43)50(39)48(35)37/h1-30H/i1D,2D,3D,4D,5D,6D,7D,8D,9D,10D,11D,12D,13D,14D,15D,16D,17D,18D,19D,20D,21D,22D,23D,24D,25D,26D,27D,28D,29D,30D. The van der Waals surface area contributed by atoms with Gasteiger partial charge in [-0.25, -0.2) is 0 Å². The molecule has 0 spiro atoms. The maximum absolute atomic E-state index is 10.4. The molecule has 0 unspecified atom stereocenters. The summed E-state index contributed by atoms with van der Waals surface area (Å²) in [4.78, 5) is 0. The smallest absolute Gasteiger partial charge is 0.0622 e. The van der Waals surface area contributed by atoms with Gasteiger partial charge < -0.3 is 0 Å². The second-order valence-electron chi connectivity index (χ2n) is 11.2. The molecule has 0 radical (unpaired) electrons. The first-order valence-electron chi connectivity index (χ1n) is 30.0. The molecule has 0 N–H and O–H groups in total. The van der Waals surface area contributed by atoms with Crippen LogP contribution in [0.15, 0.2) is 181 Å². The summed E-state index contributed by atoms with van der Waals surface area (Å²) in [5, 5.41) is -5.91. The molecule has 0 saturated heterocycles. The van der Waals surface area contributed by atoms with Crippen molar-refractivity contribution in [2.24, 2.45) is 0 Å². The van der Waals surface area contributed by atoms with E-state index < -0.39 is 280 Å². The van der Waals surface area contributed by atoms with Crippen LogP contribution in [0.25, 0.3) is 109 Å². The molecule has 0 nitrogen and oxygen atoms in total. The molecular formula is C50H30. The fraction of sp³-hybridized carbons (Fsp3) is 0.